The Morgan fingerprint density at radius 3 is 2.41 bits per heavy atom. The predicted molar refractivity (Wildman–Crippen MR) is 260 cm³/mol. The molecule has 6 aliphatic rings. The third kappa shape index (κ3) is 10.5. The second-order valence-corrected chi connectivity index (χ2v) is 22.6. The fourth-order valence-corrected chi connectivity index (χ4v) is 12.5. The minimum Gasteiger partial charge on any atom is -0.495 e. The Bertz CT molecular complexity index is 2330. The van der Waals surface area contributed by atoms with Crippen molar-refractivity contribution in [2.75, 3.05) is 45.5 Å². The van der Waals surface area contributed by atoms with E-state index in [0.29, 0.717) is 30.7 Å². The number of fused-ring (bicyclic) bond motifs is 4. The van der Waals surface area contributed by atoms with Crippen molar-refractivity contribution in [3.63, 3.8) is 0 Å². The van der Waals surface area contributed by atoms with Gasteiger partial charge in [-0.1, -0.05) is 42.3 Å². The second-order valence-electron chi connectivity index (χ2n) is 21.0. The molecule has 384 valence electrons. The van der Waals surface area contributed by atoms with E-state index in [9.17, 15) is 38.7 Å². The molecule has 1 aliphatic carbocycles. The number of thioether (sulfide) groups is 1. The van der Waals surface area contributed by atoms with E-state index >= 15 is 0 Å². The molecule has 5 heterocycles. The number of likely N-dealkylation sites (N-methyl/N-ethyl adjacent to an activating group) is 1. The zero-order valence-corrected chi connectivity index (χ0v) is 43.3. The van der Waals surface area contributed by atoms with Crippen molar-refractivity contribution >= 4 is 70.6 Å². The van der Waals surface area contributed by atoms with Gasteiger partial charge in [-0.2, -0.15) is 0 Å². The summed E-state index contributed by atoms with van der Waals surface area (Å²) in [4.78, 5) is 99.8. The average molecular weight is 1010 g/mol. The van der Waals surface area contributed by atoms with Gasteiger partial charge in [0.25, 0.3) is 0 Å². The number of likely N-dealkylation sites (tertiary alicyclic amines) is 1. The van der Waals surface area contributed by atoms with Crippen LogP contribution < -0.4 is 20.3 Å². The largest absolute Gasteiger partial charge is 0.495 e. The van der Waals surface area contributed by atoms with Gasteiger partial charge in [0.2, 0.25) is 29.5 Å². The van der Waals surface area contributed by atoms with Crippen molar-refractivity contribution in [2.45, 2.75) is 151 Å². The first-order valence-corrected chi connectivity index (χ1v) is 25.4. The summed E-state index contributed by atoms with van der Waals surface area (Å²) in [6.45, 7) is 11.4. The van der Waals surface area contributed by atoms with Crippen LogP contribution in [0.1, 0.15) is 98.5 Å². The summed E-state index contributed by atoms with van der Waals surface area (Å²) in [7, 11) is 5.87. The lowest BCUT2D eigenvalue weighted by Crippen LogP contribution is -2.68. The number of amides is 6. The van der Waals surface area contributed by atoms with Gasteiger partial charge in [-0.15, -0.1) is 11.8 Å². The number of epoxide rings is 1. The molecular weight excluding hydrogens is 946 g/mol. The van der Waals surface area contributed by atoms with E-state index in [-0.39, 0.29) is 78.1 Å². The third-order valence-corrected chi connectivity index (χ3v) is 16.6. The molecule has 0 spiro atoms. The number of nitrogens with zero attached hydrogens (tertiary/aromatic N) is 3. The number of allylic oxidation sites excluding steroid dienone is 3. The van der Waals surface area contributed by atoms with Crippen molar-refractivity contribution in [1.29, 1.82) is 0 Å². The third-order valence-electron chi connectivity index (χ3n) is 15.0. The van der Waals surface area contributed by atoms with Gasteiger partial charge in [0, 0.05) is 70.1 Å². The number of benzene rings is 1. The summed E-state index contributed by atoms with van der Waals surface area (Å²) < 4.78 is 29.9. The summed E-state index contributed by atoms with van der Waals surface area (Å²) in [5.41, 5.74) is -3.33. The fraction of sp³-hybridized carbons (Fsp3) is 0.660. The van der Waals surface area contributed by atoms with Gasteiger partial charge in [0.15, 0.2) is 11.8 Å². The minimum absolute atomic E-state index is 0.00348. The number of alkyl carbamates (subject to hydrolysis) is 1. The fourth-order valence-electron chi connectivity index (χ4n) is 11.0. The first-order valence-electron chi connectivity index (χ1n) is 24.0. The summed E-state index contributed by atoms with van der Waals surface area (Å²) in [5.74, 6) is -2.80. The van der Waals surface area contributed by atoms with Crippen molar-refractivity contribution in [3.8, 4) is 5.75 Å². The molecule has 0 aromatic heterocycles. The number of imide groups is 1. The quantitative estimate of drug-likeness (QED) is 0.162. The maximum Gasteiger partial charge on any atom is 0.409 e. The van der Waals surface area contributed by atoms with Crippen molar-refractivity contribution < 1.29 is 62.4 Å². The highest BCUT2D eigenvalue weighted by atomic mass is 35.5. The van der Waals surface area contributed by atoms with Crippen LogP contribution in [-0.2, 0) is 54.1 Å². The molecule has 1 saturated carbocycles. The van der Waals surface area contributed by atoms with Crippen LogP contribution >= 0.6 is 23.4 Å². The lowest BCUT2D eigenvalue weighted by molar-refractivity contribution is -0.174. The summed E-state index contributed by atoms with van der Waals surface area (Å²) in [6.07, 6.45) is 3.36. The molecule has 70 heavy (non-hydrogen) atoms. The Kier molecular flexibility index (Phi) is 15.5. The van der Waals surface area contributed by atoms with E-state index in [4.69, 9.17) is 35.3 Å². The SMILES string of the molecule is COc1cc2cc(c1Cl)N(C)C(=O)C[C@@H]1OC(=O)[C@@H](N(C)C(=O)CCSC3CC(=O)N(CC4CCC(C(=O)NC(C)(C)C)CC4)C3=O)C3(O[C@@]13C)[C@H](C)C1CC(O)(NC(=O)O1)C(OC)/C=C/C=C(\C)C2. The molecule has 0 radical (unpaired) electrons. The molecule has 6 amide bonds. The van der Waals surface area contributed by atoms with Crippen LogP contribution in [0.15, 0.2) is 35.9 Å². The standard InChI is InChI=1S/C50H68ClN5O13S/c1-27-12-11-13-36(66-10)49(64)25-34(67-46(63)53-49)28(2)50-42(45(62)68-37(48(50,6)69-50)24-39(58)54(7)32-21-30(20-27)22-33(65-9)41(32)51)55(8)38(57)18-19-70-35-23-40(59)56(44(35)61)26-29-14-16-31(17-15-29)43(60)52-47(3,4)5/h11-13,21-22,28-29,31,34-37,42,64H,14-20,23-26H2,1-10H3,(H,52,60)(H,53,63)/b13-11+,27-12+/t28-,29?,31?,34?,35?,36?,37+,42-,48+,49?,50?/m1/s1. The maximum atomic E-state index is 14.5. The molecule has 20 heteroatoms. The van der Waals surface area contributed by atoms with Gasteiger partial charge in [0.1, 0.15) is 40.3 Å². The summed E-state index contributed by atoms with van der Waals surface area (Å²) in [6, 6.07) is 2.14. The van der Waals surface area contributed by atoms with Gasteiger partial charge >= 0.3 is 12.1 Å². The lowest BCUT2D eigenvalue weighted by atomic mass is 9.69. The summed E-state index contributed by atoms with van der Waals surface area (Å²) in [5, 5.41) is 17.2. The normalized spacial score (nSPS) is 34.9. The summed E-state index contributed by atoms with van der Waals surface area (Å²) >= 11 is 8.00. The maximum absolute atomic E-state index is 14.5. The van der Waals surface area contributed by atoms with E-state index in [0.717, 1.165) is 24.0 Å². The van der Waals surface area contributed by atoms with Gasteiger partial charge in [0.05, 0.1) is 24.5 Å². The van der Waals surface area contributed by atoms with Crippen LogP contribution in [0.3, 0.4) is 0 Å². The number of ether oxygens (including phenoxy) is 5. The molecule has 1 aromatic carbocycles. The number of carbonyl (C=O) groups is 7. The number of anilines is 1. The predicted octanol–water partition coefficient (Wildman–Crippen LogP) is 4.85. The number of hydrogen-bond donors (Lipinski definition) is 3. The van der Waals surface area contributed by atoms with Gasteiger partial charge in [-0.05, 0) is 90.3 Å². The number of methoxy groups -OCH3 is 2. The molecule has 9 atom stereocenters. The van der Waals surface area contributed by atoms with E-state index < -0.39 is 76.3 Å². The number of esters is 1. The number of aliphatic hydroxyl groups is 1. The molecule has 5 unspecified atom stereocenters. The highest BCUT2D eigenvalue weighted by molar-refractivity contribution is 8.00. The Labute approximate surface area is 418 Å². The minimum atomic E-state index is -2.00. The molecule has 4 saturated heterocycles. The smallest absolute Gasteiger partial charge is 0.409 e. The van der Waals surface area contributed by atoms with Crippen LogP contribution in [0, 0.1) is 17.8 Å². The van der Waals surface area contributed by atoms with Crippen LogP contribution in [0.25, 0.3) is 0 Å². The van der Waals surface area contributed by atoms with Crippen LogP contribution in [0.5, 0.6) is 5.75 Å². The van der Waals surface area contributed by atoms with Crippen molar-refractivity contribution in [2.24, 2.45) is 17.8 Å². The van der Waals surface area contributed by atoms with Crippen molar-refractivity contribution in [3.05, 3.63) is 46.5 Å². The average Bonchev–Trinajstić information content (AvgIpc) is 3.86. The van der Waals surface area contributed by atoms with E-state index in [2.05, 4.69) is 10.6 Å². The molecule has 7 rings (SSSR count). The molecule has 5 aliphatic heterocycles. The number of rotatable bonds is 10. The first kappa shape index (κ1) is 53.1. The zero-order valence-electron chi connectivity index (χ0n) is 41.8. The molecule has 3 N–H and O–H groups in total. The van der Waals surface area contributed by atoms with Crippen LogP contribution in [0.4, 0.5) is 10.5 Å². The van der Waals surface area contributed by atoms with Gasteiger partial charge in [-0.3, -0.25) is 34.2 Å². The monoisotopic (exact) mass is 1010 g/mol. The van der Waals surface area contributed by atoms with Crippen LogP contribution in [-0.4, -0.2) is 149 Å². The number of halogens is 1. The van der Waals surface area contributed by atoms with Gasteiger partial charge in [-0.25, -0.2) is 9.59 Å². The Hall–Kier alpha value is -4.69. The Morgan fingerprint density at radius 1 is 1.06 bits per heavy atom. The Balaban J connectivity index is 1.10. The van der Waals surface area contributed by atoms with Crippen LogP contribution in [0.2, 0.25) is 5.02 Å². The van der Waals surface area contributed by atoms with E-state index in [1.165, 1.54) is 47.7 Å². The zero-order chi connectivity index (χ0) is 51.2. The van der Waals surface area contributed by atoms with Gasteiger partial charge < -0.3 is 43.9 Å². The second kappa shape index (κ2) is 20.4. The highest BCUT2D eigenvalue weighted by Gasteiger charge is 2.83. The highest BCUT2D eigenvalue weighted by Crippen LogP contribution is 2.63. The number of nitrogens with one attached hydrogen (secondary N) is 2. The first-order chi connectivity index (χ1) is 32.9. The molecule has 6 bridgehead atoms. The lowest BCUT2D eigenvalue weighted by Gasteiger charge is -2.46. The Morgan fingerprint density at radius 2 is 1.76 bits per heavy atom. The molecule has 18 nitrogen and oxygen atoms in total. The van der Waals surface area contributed by atoms with E-state index in [1.54, 1.807) is 45.2 Å². The number of carbonyl (C=O) groups excluding carboxylic acids is 7. The number of hydrogen-bond acceptors (Lipinski definition) is 14. The molecule has 1 aromatic rings. The topological polar surface area (TPSA) is 223 Å². The molecular formula is C50H68ClN5O13S. The molecule has 5 fully saturated rings. The van der Waals surface area contributed by atoms with E-state index in [1.807, 2.05) is 33.8 Å². The van der Waals surface area contributed by atoms with Crippen molar-refractivity contribution in [1.82, 2.24) is 20.4 Å².